The van der Waals surface area contributed by atoms with Crippen molar-refractivity contribution < 1.29 is 9.90 Å². The van der Waals surface area contributed by atoms with Crippen molar-refractivity contribution in [2.75, 3.05) is 32.5 Å². The van der Waals surface area contributed by atoms with Crippen LogP contribution in [0.15, 0.2) is 24.3 Å². The molecular formula is C11H16N2O2. The number of anilines is 1. The van der Waals surface area contributed by atoms with Crippen LogP contribution in [0.3, 0.4) is 0 Å². The fourth-order valence-corrected chi connectivity index (χ4v) is 1.30. The van der Waals surface area contributed by atoms with Crippen LogP contribution in [0.5, 0.6) is 0 Å². The minimum atomic E-state index is 0.0123. The van der Waals surface area contributed by atoms with E-state index in [1.54, 1.807) is 36.2 Å². The van der Waals surface area contributed by atoms with Gasteiger partial charge in [0.05, 0.1) is 13.2 Å². The van der Waals surface area contributed by atoms with Crippen LogP contribution in [0, 0.1) is 0 Å². The minimum absolute atomic E-state index is 0.0123. The van der Waals surface area contributed by atoms with Crippen molar-refractivity contribution >= 4 is 11.5 Å². The summed E-state index contributed by atoms with van der Waals surface area (Å²) in [6, 6.07) is 6.91. The molecule has 0 spiro atoms. The number of rotatable bonds is 5. The molecule has 0 atom stereocenters. The Morgan fingerprint density at radius 3 is 2.87 bits per heavy atom. The van der Waals surface area contributed by atoms with Gasteiger partial charge in [0.15, 0.2) is 5.78 Å². The normalized spacial score (nSPS) is 10.6. The molecule has 1 aromatic carbocycles. The van der Waals surface area contributed by atoms with E-state index in [2.05, 4.69) is 0 Å². The van der Waals surface area contributed by atoms with Gasteiger partial charge in [-0.25, -0.2) is 0 Å². The summed E-state index contributed by atoms with van der Waals surface area (Å²) in [4.78, 5) is 13.5. The minimum Gasteiger partial charge on any atom is -0.399 e. The molecule has 4 heteroatoms. The van der Waals surface area contributed by atoms with Gasteiger partial charge in [-0.05, 0) is 19.2 Å². The third-order valence-corrected chi connectivity index (χ3v) is 2.10. The van der Waals surface area contributed by atoms with E-state index < -0.39 is 0 Å². The molecule has 0 aromatic heterocycles. The molecule has 0 aliphatic rings. The number of aliphatic hydroxyl groups is 1. The van der Waals surface area contributed by atoms with Gasteiger partial charge in [0.2, 0.25) is 0 Å². The zero-order valence-electron chi connectivity index (χ0n) is 8.81. The Balaban J connectivity index is 2.61. The van der Waals surface area contributed by atoms with E-state index in [1.807, 2.05) is 0 Å². The van der Waals surface area contributed by atoms with Gasteiger partial charge in [-0.3, -0.25) is 9.69 Å². The van der Waals surface area contributed by atoms with E-state index >= 15 is 0 Å². The molecule has 0 aliphatic carbocycles. The van der Waals surface area contributed by atoms with E-state index in [-0.39, 0.29) is 12.4 Å². The SMILES string of the molecule is CN(CCO)CC(=O)c1cccc(N)c1. The number of carbonyl (C=O) groups excluding carboxylic acids is 1. The second-order valence-corrected chi connectivity index (χ2v) is 3.51. The summed E-state index contributed by atoms with van der Waals surface area (Å²) in [5, 5.41) is 8.69. The molecule has 0 amide bonds. The Kier molecular flexibility index (Phi) is 4.27. The van der Waals surface area contributed by atoms with Gasteiger partial charge in [0.1, 0.15) is 0 Å². The molecule has 4 nitrogen and oxygen atoms in total. The first kappa shape index (κ1) is 11.7. The second kappa shape index (κ2) is 5.48. The molecule has 0 unspecified atom stereocenters. The van der Waals surface area contributed by atoms with Crippen molar-refractivity contribution in [2.24, 2.45) is 0 Å². The summed E-state index contributed by atoms with van der Waals surface area (Å²) >= 11 is 0. The summed E-state index contributed by atoms with van der Waals surface area (Å²) in [5.74, 6) is 0.0123. The number of hydrogen-bond acceptors (Lipinski definition) is 4. The van der Waals surface area contributed by atoms with Crippen LogP contribution in [0.4, 0.5) is 5.69 Å². The quantitative estimate of drug-likeness (QED) is 0.542. The molecular weight excluding hydrogens is 192 g/mol. The molecule has 82 valence electrons. The van der Waals surface area contributed by atoms with E-state index in [9.17, 15) is 4.79 Å². The van der Waals surface area contributed by atoms with Gasteiger partial charge >= 0.3 is 0 Å². The Labute approximate surface area is 89.3 Å². The first-order valence-electron chi connectivity index (χ1n) is 4.81. The zero-order chi connectivity index (χ0) is 11.3. The number of Topliss-reactive ketones (excluding diaryl/α,β-unsaturated/α-hetero) is 1. The van der Waals surface area contributed by atoms with E-state index in [0.717, 1.165) is 0 Å². The Bertz CT molecular complexity index is 339. The largest absolute Gasteiger partial charge is 0.399 e. The van der Waals surface area contributed by atoms with Gasteiger partial charge < -0.3 is 10.8 Å². The highest BCUT2D eigenvalue weighted by Crippen LogP contribution is 2.07. The molecule has 1 aromatic rings. The standard InChI is InChI=1S/C11H16N2O2/c1-13(5-6-14)8-11(15)9-3-2-4-10(12)7-9/h2-4,7,14H,5-6,8,12H2,1H3. The van der Waals surface area contributed by atoms with Gasteiger partial charge in [0.25, 0.3) is 0 Å². The molecule has 0 fully saturated rings. The fraction of sp³-hybridized carbons (Fsp3) is 0.364. The second-order valence-electron chi connectivity index (χ2n) is 3.51. The average Bonchev–Trinajstić information content (AvgIpc) is 2.18. The summed E-state index contributed by atoms with van der Waals surface area (Å²) in [5.41, 5.74) is 6.78. The van der Waals surface area contributed by atoms with Gasteiger partial charge in [0, 0.05) is 17.8 Å². The van der Waals surface area contributed by atoms with Crippen molar-refractivity contribution in [3.8, 4) is 0 Å². The summed E-state index contributed by atoms with van der Waals surface area (Å²) in [6.07, 6.45) is 0. The van der Waals surface area contributed by atoms with Crippen molar-refractivity contribution in [1.82, 2.24) is 4.90 Å². The Morgan fingerprint density at radius 2 is 2.27 bits per heavy atom. The van der Waals surface area contributed by atoms with E-state index in [1.165, 1.54) is 0 Å². The zero-order valence-corrected chi connectivity index (χ0v) is 8.81. The highest BCUT2D eigenvalue weighted by molar-refractivity contribution is 5.98. The smallest absolute Gasteiger partial charge is 0.176 e. The molecule has 0 radical (unpaired) electrons. The number of nitrogens with zero attached hydrogens (tertiary/aromatic N) is 1. The first-order chi connectivity index (χ1) is 7.13. The van der Waals surface area contributed by atoms with E-state index in [0.29, 0.717) is 24.3 Å². The van der Waals surface area contributed by atoms with Crippen LogP contribution in [0.25, 0.3) is 0 Å². The topological polar surface area (TPSA) is 66.6 Å². The lowest BCUT2D eigenvalue weighted by atomic mass is 10.1. The predicted octanol–water partition coefficient (Wildman–Crippen LogP) is 0.376. The summed E-state index contributed by atoms with van der Waals surface area (Å²) < 4.78 is 0. The first-order valence-corrected chi connectivity index (χ1v) is 4.81. The highest BCUT2D eigenvalue weighted by atomic mass is 16.3. The van der Waals surface area contributed by atoms with Gasteiger partial charge in [-0.2, -0.15) is 0 Å². The van der Waals surface area contributed by atoms with Crippen LogP contribution in [0.2, 0.25) is 0 Å². The third kappa shape index (κ3) is 3.69. The van der Waals surface area contributed by atoms with Crippen LogP contribution >= 0.6 is 0 Å². The number of ketones is 1. The molecule has 0 saturated heterocycles. The van der Waals surface area contributed by atoms with Gasteiger partial charge in [-0.1, -0.05) is 12.1 Å². The molecule has 0 heterocycles. The lowest BCUT2D eigenvalue weighted by Gasteiger charge is -2.13. The van der Waals surface area contributed by atoms with E-state index in [4.69, 9.17) is 10.8 Å². The maximum atomic E-state index is 11.7. The monoisotopic (exact) mass is 208 g/mol. The molecule has 3 N–H and O–H groups in total. The molecule has 0 bridgehead atoms. The van der Waals surface area contributed by atoms with Crippen molar-refractivity contribution in [3.05, 3.63) is 29.8 Å². The number of nitrogen functional groups attached to an aromatic ring is 1. The maximum Gasteiger partial charge on any atom is 0.176 e. The van der Waals surface area contributed by atoms with Crippen LogP contribution < -0.4 is 5.73 Å². The molecule has 1 rings (SSSR count). The number of likely N-dealkylation sites (N-methyl/N-ethyl adjacent to an activating group) is 1. The number of hydrogen-bond donors (Lipinski definition) is 2. The van der Waals surface area contributed by atoms with Crippen LogP contribution in [-0.2, 0) is 0 Å². The molecule has 0 aliphatic heterocycles. The van der Waals surface area contributed by atoms with Crippen LogP contribution in [-0.4, -0.2) is 42.5 Å². The van der Waals surface area contributed by atoms with Crippen molar-refractivity contribution in [2.45, 2.75) is 0 Å². The highest BCUT2D eigenvalue weighted by Gasteiger charge is 2.08. The number of carbonyl (C=O) groups is 1. The molecule has 15 heavy (non-hydrogen) atoms. The lowest BCUT2D eigenvalue weighted by Crippen LogP contribution is -2.28. The maximum absolute atomic E-state index is 11.7. The Hall–Kier alpha value is -1.39. The number of aliphatic hydroxyl groups excluding tert-OH is 1. The summed E-state index contributed by atoms with van der Waals surface area (Å²) in [6.45, 7) is 0.846. The Morgan fingerprint density at radius 1 is 1.53 bits per heavy atom. The van der Waals surface area contributed by atoms with Crippen LogP contribution in [0.1, 0.15) is 10.4 Å². The summed E-state index contributed by atoms with van der Waals surface area (Å²) in [7, 11) is 1.79. The van der Waals surface area contributed by atoms with Crippen molar-refractivity contribution in [1.29, 1.82) is 0 Å². The lowest BCUT2D eigenvalue weighted by molar-refractivity contribution is 0.0936. The average molecular weight is 208 g/mol. The third-order valence-electron chi connectivity index (χ3n) is 2.10. The van der Waals surface area contributed by atoms with Gasteiger partial charge in [-0.15, -0.1) is 0 Å². The number of nitrogens with two attached hydrogens (primary N) is 1. The fourth-order valence-electron chi connectivity index (χ4n) is 1.30. The predicted molar refractivity (Wildman–Crippen MR) is 59.8 cm³/mol. The number of benzene rings is 1. The molecule has 0 saturated carbocycles. The van der Waals surface area contributed by atoms with Crippen molar-refractivity contribution in [3.63, 3.8) is 0 Å².